The van der Waals surface area contributed by atoms with Gasteiger partial charge in [-0.05, 0) is 25.0 Å². The van der Waals surface area contributed by atoms with Gasteiger partial charge in [0.25, 0.3) is 0 Å². The molecule has 0 unspecified atom stereocenters. The van der Waals surface area contributed by atoms with E-state index in [4.69, 9.17) is 11.5 Å². The topological polar surface area (TPSA) is 72.3 Å². The Labute approximate surface area is 71.0 Å². The van der Waals surface area contributed by atoms with E-state index in [2.05, 4.69) is 0 Å². The molecule has 1 saturated carbocycles. The first-order chi connectivity index (χ1) is 5.63. The van der Waals surface area contributed by atoms with Gasteiger partial charge in [0.2, 0.25) is 0 Å². The highest BCUT2D eigenvalue weighted by atomic mass is 16.3. The summed E-state index contributed by atoms with van der Waals surface area (Å²) in [4.78, 5) is 0. The van der Waals surface area contributed by atoms with Crippen molar-refractivity contribution in [3.05, 3.63) is 23.8 Å². The molecule has 0 aliphatic heterocycles. The molecular formula is C9H12N2O. The zero-order valence-corrected chi connectivity index (χ0v) is 6.75. The third-order valence-corrected chi connectivity index (χ3v) is 2.36. The van der Waals surface area contributed by atoms with Gasteiger partial charge in [-0.15, -0.1) is 0 Å². The van der Waals surface area contributed by atoms with Crippen molar-refractivity contribution in [3.63, 3.8) is 0 Å². The number of hydrogen-bond acceptors (Lipinski definition) is 3. The van der Waals surface area contributed by atoms with Gasteiger partial charge in [-0.3, -0.25) is 0 Å². The van der Waals surface area contributed by atoms with E-state index in [9.17, 15) is 5.11 Å². The van der Waals surface area contributed by atoms with Crippen LogP contribution in [0, 0.1) is 0 Å². The van der Waals surface area contributed by atoms with Crippen molar-refractivity contribution < 1.29 is 5.11 Å². The molecule has 2 rings (SSSR count). The van der Waals surface area contributed by atoms with E-state index in [1.54, 1.807) is 18.2 Å². The molecule has 1 aliphatic rings. The Kier molecular flexibility index (Phi) is 1.32. The molecule has 0 bridgehead atoms. The Balaban J connectivity index is 2.55. The Bertz CT molecular complexity index is 298. The zero-order valence-electron chi connectivity index (χ0n) is 6.75. The lowest BCUT2D eigenvalue weighted by Crippen LogP contribution is -2.20. The molecule has 0 aromatic heterocycles. The zero-order chi connectivity index (χ0) is 8.77. The van der Waals surface area contributed by atoms with E-state index in [-0.39, 0.29) is 11.3 Å². The van der Waals surface area contributed by atoms with Crippen molar-refractivity contribution in [2.45, 2.75) is 18.4 Å². The van der Waals surface area contributed by atoms with E-state index in [0.717, 1.165) is 12.8 Å². The van der Waals surface area contributed by atoms with Crippen molar-refractivity contribution in [3.8, 4) is 5.75 Å². The monoisotopic (exact) mass is 164 g/mol. The van der Waals surface area contributed by atoms with Crippen molar-refractivity contribution >= 4 is 5.69 Å². The number of nitrogen functional groups attached to an aromatic ring is 1. The van der Waals surface area contributed by atoms with E-state index in [1.165, 1.54) is 0 Å². The van der Waals surface area contributed by atoms with Crippen LogP contribution in [0.4, 0.5) is 5.69 Å². The predicted molar refractivity (Wildman–Crippen MR) is 47.6 cm³/mol. The molecular weight excluding hydrogens is 152 g/mol. The Morgan fingerprint density at radius 2 is 2.00 bits per heavy atom. The lowest BCUT2D eigenvalue weighted by molar-refractivity contribution is 0.460. The molecule has 0 atom stereocenters. The van der Waals surface area contributed by atoms with Gasteiger partial charge in [-0.1, -0.05) is 6.07 Å². The second-order valence-electron chi connectivity index (χ2n) is 3.40. The maximum absolute atomic E-state index is 9.51. The Hall–Kier alpha value is -1.22. The maximum Gasteiger partial charge on any atom is 0.122 e. The summed E-state index contributed by atoms with van der Waals surface area (Å²) in [5.74, 6) is 0.218. The van der Waals surface area contributed by atoms with Crippen LogP contribution < -0.4 is 11.5 Å². The van der Waals surface area contributed by atoms with Gasteiger partial charge in [0.1, 0.15) is 5.75 Å². The summed E-state index contributed by atoms with van der Waals surface area (Å²) in [5.41, 5.74) is 12.6. The molecule has 12 heavy (non-hydrogen) atoms. The van der Waals surface area contributed by atoms with Gasteiger partial charge in [-0.25, -0.2) is 0 Å². The van der Waals surface area contributed by atoms with Crippen LogP contribution in [0.15, 0.2) is 18.2 Å². The van der Waals surface area contributed by atoms with E-state index in [0.29, 0.717) is 11.3 Å². The van der Waals surface area contributed by atoms with Gasteiger partial charge in [0.15, 0.2) is 0 Å². The first kappa shape index (κ1) is 7.43. The van der Waals surface area contributed by atoms with Crippen molar-refractivity contribution in [2.75, 3.05) is 5.73 Å². The normalized spacial score (nSPS) is 19.1. The highest BCUT2D eigenvalue weighted by Crippen LogP contribution is 2.48. The molecule has 3 heteroatoms. The average Bonchev–Trinajstić information content (AvgIpc) is 2.68. The standard InChI is InChI=1S/C9H12N2O/c10-6-2-1-3-7(12)8(6)9(11)4-5-9/h1-3,12H,4-5,10-11H2. The maximum atomic E-state index is 9.51. The number of phenols is 1. The van der Waals surface area contributed by atoms with Crippen LogP contribution in [0.1, 0.15) is 18.4 Å². The summed E-state index contributed by atoms with van der Waals surface area (Å²) in [7, 11) is 0. The average molecular weight is 164 g/mol. The Morgan fingerprint density at radius 3 is 2.50 bits per heavy atom. The van der Waals surface area contributed by atoms with Gasteiger partial charge < -0.3 is 16.6 Å². The molecule has 1 aliphatic carbocycles. The van der Waals surface area contributed by atoms with Gasteiger partial charge in [0, 0.05) is 16.8 Å². The van der Waals surface area contributed by atoms with Gasteiger partial charge in [-0.2, -0.15) is 0 Å². The van der Waals surface area contributed by atoms with E-state index in [1.807, 2.05) is 0 Å². The van der Waals surface area contributed by atoms with Gasteiger partial charge in [0.05, 0.1) is 0 Å². The fourth-order valence-corrected chi connectivity index (χ4v) is 1.48. The summed E-state index contributed by atoms with van der Waals surface area (Å²) in [6.07, 6.45) is 1.82. The molecule has 1 fully saturated rings. The quantitative estimate of drug-likeness (QED) is 0.540. The molecule has 1 aromatic rings. The minimum atomic E-state index is -0.352. The SMILES string of the molecule is Nc1cccc(O)c1C1(N)CC1. The van der Waals surface area contributed by atoms with Crippen molar-refractivity contribution in [1.82, 2.24) is 0 Å². The van der Waals surface area contributed by atoms with Crippen LogP contribution in [0.5, 0.6) is 5.75 Å². The number of hydrogen-bond donors (Lipinski definition) is 3. The van der Waals surface area contributed by atoms with Gasteiger partial charge >= 0.3 is 0 Å². The molecule has 64 valence electrons. The Morgan fingerprint density at radius 1 is 1.33 bits per heavy atom. The summed E-state index contributed by atoms with van der Waals surface area (Å²) in [5, 5.41) is 9.51. The number of aromatic hydroxyl groups is 1. The molecule has 0 amide bonds. The second kappa shape index (κ2) is 2.14. The van der Waals surface area contributed by atoms with E-state index < -0.39 is 0 Å². The number of rotatable bonds is 1. The predicted octanol–water partition coefficient (Wildman–Crippen LogP) is 0.922. The number of phenolic OH excluding ortho intramolecular Hbond substituents is 1. The number of anilines is 1. The molecule has 1 aromatic carbocycles. The fourth-order valence-electron chi connectivity index (χ4n) is 1.48. The molecule has 0 radical (unpaired) electrons. The van der Waals surface area contributed by atoms with Crippen LogP contribution in [0.25, 0.3) is 0 Å². The molecule has 5 N–H and O–H groups in total. The summed E-state index contributed by atoms with van der Waals surface area (Å²) in [6, 6.07) is 5.11. The molecule has 0 heterocycles. The van der Waals surface area contributed by atoms with Crippen LogP contribution in [0.3, 0.4) is 0 Å². The number of nitrogens with two attached hydrogens (primary N) is 2. The summed E-state index contributed by atoms with van der Waals surface area (Å²) in [6.45, 7) is 0. The smallest absolute Gasteiger partial charge is 0.122 e. The largest absolute Gasteiger partial charge is 0.508 e. The van der Waals surface area contributed by atoms with Crippen molar-refractivity contribution in [2.24, 2.45) is 5.73 Å². The van der Waals surface area contributed by atoms with Crippen LogP contribution in [-0.2, 0) is 5.54 Å². The summed E-state index contributed by atoms with van der Waals surface area (Å²) >= 11 is 0. The van der Waals surface area contributed by atoms with E-state index >= 15 is 0 Å². The molecule has 0 saturated heterocycles. The minimum Gasteiger partial charge on any atom is -0.508 e. The second-order valence-corrected chi connectivity index (χ2v) is 3.40. The highest BCUT2D eigenvalue weighted by Gasteiger charge is 2.43. The minimum absolute atomic E-state index is 0.218. The number of benzene rings is 1. The first-order valence-electron chi connectivity index (χ1n) is 4.00. The fraction of sp³-hybridized carbons (Fsp3) is 0.333. The lowest BCUT2D eigenvalue weighted by Gasteiger charge is -2.13. The third-order valence-electron chi connectivity index (χ3n) is 2.36. The van der Waals surface area contributed by atoms with Crippen LogP contribution in [-0.4, -0.2) is 5.11 Å². The van der Waals surface area contributed by atoms with Crippen molar-refractivity contribution in [1.29, 1.82) is 0 Å². The van der Waals surface area contributed by atoms with Crippen LogP contribution in [0.2, 0.25) is 0 Å². The highest BCUT2D eigenvalue weighted by molar-refractivity contribution is 5.59. The molecule has 0 spiro atoms. The summed E-state index contributed by atoms with van der Waals surface area (Å²) < 4.78 is 0. The lowest BCUT2D eigenvalue weighted by atomic mass is 10.0. The molecule has 3 nitrogen and oxygen atoms in total. The first-order valence-corrected chi connectivity index (χ1v) is 4.00. The third kappa shape index (κ3) is 0.940. The van der Waals surface area contributed by atoms with Crippen LogP contribution >= 0.6 is 0 Å².